The second-order valence-corrected chi connectivity index (χ2v) is 4.56. The number of hydrogen-bond acceptors (Lipinski definition) is 3. The largest absolute Gasteiger partial charge is 0.359 e. The van der Waals surface area contributed by atoms with Crippen molar-refractivity contribution in [2.24, 2.45) is 0 Å². The molecule has 0 aliphatic rings. The van der Waals surface area contributed by atoms with Crippen LogP contribution in [0.2, 0.25) is 0 Å². The molecular weight excluding hydrogens is 224 g/mol. The Hall–Kier alpha value is -0.710. The summed E-state index contributed by atoms with van der Waals surface area (Å²) in [6.45, 7) is 0.723. The minimum absolute atomic E-state index is 0.0870. The van der Waals surface area contributed by atoms with Crippen LogP contribution in [0.4, 0.5) is 0 Å². The lowest BCUT2D eigenvalue weighted by molar-refractivity contribution is -0.121. The molecule has 0 aromatic heterocycles. The first-order chi connectivity index (χ1) is 7.70. The number of carbonyl (C=O) groups excluding carboxylic acids is 2. The monoisotopic (exact) mass is 246 g/mol. The van der Waals surface area contributed by atoms with Crippen LogP contribution in [-0.2, 0) is 9.59 Å². The quantitative estimate of drug-likeness (QED) is 0.600. The van der Waals surface area contributed by atoms with Gasteiger partial charge in [-0.3, -0.25) is 9.59 Å². The summed E-state index contributed by atoms with van der Waals surface area (Å²) in [6.07, 6.45) is 5.99. The maximum atomic E-state index is 11.2. The molecule has 2 N–H and O–H groups in total. The molecule has 0 heterocycles. The number of carbonyl (C=O) groups is 2. The average Bonchev–Trinajstić information content (AvgIpc) is 2.30. The molecule has 5 heteroatoms. The zero-order chi connectivity index (χ0) is 12.2. The van der Waals surface area contributed by atoms with Crippen molar-refractivity contribution in [2.45, 2.75) is 32.1 Å². The first kappa shape index (κ1) is 15.3. The number of thioether (sulfide) groups is 1. The molecule has 0 radical (unpaired) electrons. The van der Waals surface area contributed by atoms with Gasteiger partial charge in [0.05, 0.1) is 0 Å². The Labute approximate surface area is 102 Å². The molecule has 0 rings (SSSR count). The summed E-state index contributed by atoms with van der Waals surface area (Å²) in [5.41, 5.74) is 0. The molecule has 0 saturated carbocycles. The third kappa shape index (κ3) is 9.83. The lowest BCUT2D eigenvalue weighted by Gasteiger charge is -2.04. The van der Waals surface area contributed by atoms with Crippen molar-refractivity contribution in [2.75, 3.05) is 25.6 Å². The van der Waals surface area contributed by atoms with Gasteiger partial charge in [0.15, 0.2) is 0 Å². The summed E-state index contributed by atoms with van der Waals surface area (Å²) in [7, 11) is 1.65. The summed E-state index contributed by atoms with van der Waals surface area (Å²) in [5, 5.41) is 5.45. The van der Waals surface area contributed by atoms with E-state index in [1.54, 1.807) is 18.8 Å². The van der Waals surface area contributed by atoms with E-state index in [4.69, 9.17) is 0 Å². The topological polar surface area (TPSA) is 58.2 Å². The minimum Gasteiger partial charge on any atom is -0.359 e. The third-order valence-corrected chi connectivity index (χ3v) is 2.83. The standard InChI is InChI=1S/C11H22N2O2S/c1-12-10(14)6-4-3-5-8-13-11(15)7-9-16-2/h3-9H2,1-2H3,(H,12,14)(H,13,15). The van der Waals surface area contributed by atoms with E-state index < -0.39 is 0 Å². The van der Waals surface area contributed by atoms with Gasteiger partial charge >= 0.3 is 0 Å². The van der Waals surface area contributed by atoms with Crippen LogP contribution in [0.3, 0.4) is 0 Å². The van der Waals surface area contributed by atoms with Crippen LogP contribution in [0.5, 0.6) is 0 Å². The number of hydrogen-bond donors (Lipinski definition) is 2. The molecule has 0 atom stereocenters. The van der Waals surface area contributed by atoms with Crippen LogP contribution in [0, 0.1) is 0 Å². The van der Waals surface area contributed by atoms with Crippen molar-refractivity contribution in [3.63, 3.8) is 0 Å². The summed E-state index contributed by atoms with van der Waals surface area (Å²) >= 11 is 1.68. The molecule has 0 spiro atoms. The molecule has 0 saturated heterocycles. The average molecular weight is 246 g/mol. The lowest BCUT2D eigenvalue weighted by Crippen LogP contribution is -2.24. The Morgan fingerprint density at radius 1 is 1.06 bits per heavy atom. The number of unbranched alkanes of at least 4 members (excludes halogenated alkanes) is 2. The van der Waals surface area contributed by atoms with Gasteiger partial charge in [-0.1, -0.05) is 6.42 Å². The number of nitrogens with one attached hydrogen (secondary N) is 2. The van der Waals surface area contributed by atoms with Gasteiger partial charge in [-0.05, 0) is 19.1 Å². The van der Waals surface area contributed by atoms with E-state index in [0.717, 1.165) is 31.6 Å². The van der Waals surface area contributed by atoms with Gasteiger partial charge < -0.3 is 10.6 Å². The fraction of sp³-hybridized carbons (Fsp3) is 0.818. The van der Waals surface area contributed by atoms with Crippen molar-refractivity contribution in [3.05, 3.63) is 0 Å². The highest BCUT2D eigenvalue weighted by atomic mass is 32.2. The first-order valence-electron chi connectivity index (χ1n) is 5.67. The highest BCUT2D eigenvalue weighted by molar-refractivity contribution is 7.98. The highest BCUT2D eigenvalue weighted by Gasteiger charge is 2.00. The first-order valence-corrected chi connectivity index (χ1v) is 7.06. The molecule has 2 amide bonds. The maximum Gasteiger partial charge on any atom is 0.220 e. The Kier molecular flexibility index (Phi) is 10.3. The van der Waals surface area contributed by atoms with Crippen LogP contribution in [0.15, 0.2) is 0 Å². The Balaban J connectivity index is 3.20. The van der Waals surface area contributed by atoms with Crippen molar-refractivity contribution in [1.29, 1.82) is 0 Å². The molecule has 0 aromatic carbocycles. The van der Waals surface area contributed by atoms with E-state index in [1.165, 1.54) is 0 Å². The van der Waals surface area contributed by atoms with Crippen LogP contribution < -0.4 is 10.6 Å². The fourth-order valence-corrected chi connectivity index (χ4v) is 1.61. The molecular formula is C11H22N2O2S. The van der Waals surface area contributed by atoms with Gasteiger partial charge in [0.2, 0.25) is 11.8 Å². The summed E-state index contributed by atoms with van der Waals surface area (Å²) in [5.74, 6) is 1.09. The van der Waals surface area contributed by atoms with Crippen LogP contribution >= 0.6 is 11.8 Å². The zero-order valence-corrected chi connectivity index (χ0v) is 11.0. The van der Waals surface area contributed by atoms with Crippen molar-refractivity contribution >= 4 is 23.6 Å². The number of amides is 2. The number of rotatable bonds is 9. The van der Waals surface area contributed by atoms with E-state index in [-0.39, 0.29) is 11.8 Å². The summed E-state index contributed by atoms with van der Waals surface area (Å²) < 4.78 is 0. The second kappa shape index (κ2) is 10.8. The van der Waals surface area contributed by atoms with Crippen LogP contribution in [-0.4, -0.2) is 37.4 Å². The van der Waals surface area contributed by atoms with Gasteiger partial charge in [-0.15, -0.1) is 0 Å². The molecule has 0 aliphatic heterocycles. The second-order valence-electron chi connectivity index (χ2n) is 3.58. The van der Waals surface area contributed by atoms with Crippen molar-refractivity contribution in [3.8, 4) is 0 Å². The Morgan fingerprint density at radius 2 is 1.81 bits per heavy atom. The molecule has 4 nitrogen and oxygen atoms in total. The van der Waals surface area contributed by atoms with E-state index >= 15 is 0 Å². The van der Waals surface area contributed by atoms with Gasteiger partial charge in [0.25, 0.3) is 0 Å². The van der Waals surface area contributed by atoms with Crippen molar-refractivity contribution < 1.29 is 9.59 Å². The molecule has 94 valence electrons. The third-order valence-electron chi connectivity index (χ3n) is 2.21. The van der Waals surface area contributed by atoms with Crippen molar-refractivity contribution in [1.82, 2.24) is 10.6 Å². The smallest absolute Gasteiger partial charge is 0.220 e. The molecule has 0 aliphatic carbocycles. The molecule has 16 heavy (non-hydrogen) atoms. The van der Waals surface area contributed by atoms with Gasteiger partial charge in [0, 0.05) is 32.2 Å². The maximum absolute atomic E-state index is 11.2. The van der Waals surface area contributed by atoms with Gasteiger partial charge in [0.1, 0.15) is 0 Å². The minimum atomic E-state index is 0.0870. The highest BCUT2D eigenvalue weighted by Crippen LogP contribution is 1.99. The normalized spacial score (nSPS) is 9.88. The Bertz CT molecular complexity index is 210. The van der Waals surface area contributed by atoms with Crippen LogP contribution in [0.1, 0.15) is 32.1 Å². The molecule has 0 unspecified atom stereocenters. The molecule has 0 fully saturated rings. The lowest BCUT2D eigenvalue weighted by atomic mass is 10.2. The van der Waals surface area contributed by atoms with E-state index in [1.807, 2.05) is 6.26 Å². The summed E-state index contributed by atoms with van der Waals surface area (Å²) in [4.78, 5) is 22.1. The summed E-state index contributed by atoms with van der Waals surface area (Å²) in [6, 6.07) is 0. The predicted molar refractivity (Wildman–Crippen MR) is 68.5 cm³/mol. The molecule has 0 bridgehead atoms. The van der Waals surface area contributed by atoms with E-state index in [9.17, 15) is 9.59 Å². The van der Waals surface area contributed by atoms with Crippen LogP contribution in [0.25, 0.3) is 0 Å². The fourth-order valence-electron chi connectivity index (χ4n) is 1.22. The van der Waals surface area contributed by atoms with Gasteiger partial charge in [-0.2, -0.15) is 11.8 Å². The zero-order valence-electron chi connectivity index (χ0n) is 10.2. The van der Waals surface area contributed by atoms with E-state index in [0.29, 0.717) is 12.8 Å². The Morgan fingerprint density at radius 3 is 2.44 bits per heavy atom. The molecule has 0 aromatic rings. The SMILES string of the molecule is CNC(=O)CCCCCNC(=O)CCSC. The van der Waals surface area contributed by atoms with E-state index in [2.05, 4.69) is 10.6 Å². The van der Waals surface area contributed by atoms with Gasteiger partial charge in [-0.25, -0.2) is 0 Å². The predicted octanol–water partition coefficient (Wildman–Crippen LogP) is 1.16.